The molecule has 25 heavy (non-hydrogen) atoms. The Bertz CT molecular complexity index is 1070. The minimum atomic E-state index is -3.84. The fourth-order valence-corrected chi connectivity index (χ4v) is 5.92. The van der Waals surface area contributed by atoms with E-state index in [2.05, 4.69) is 15.9 Å². The maximum Gasteiger partial charge on any atom is 0.269 e. The minimum absolute atomic E-state index is 0.150. The maximum absolute atomic E-state index is 13.2. The summed E-state index contributed by atoms with van der Waals surface area (Å²) >= 11 is 3.29. The van der Waals surface area contributed by atoms with E-state index >= 15 is 0 Å². The second kappa shape index (κ2) is 6.93. The molecular formula is C17H16BrNO4S2. The van der Waals surface area contributed by atoms with E-state index in [0.717, 1.165) is 0 Å². The van der Waals surface area contributed by atoms with Crippen molar-refractivity contribution in [1.82, 2.24) is 3.97 Å². The normalized spacial score (nSPS) is 13.1. The zero-order valence-corrected chi connectivity index (χ0v) is 16.8. The molecule has 1 heterocycles. The molecule has 0 saturated carbocycles. The molecule has 0 N–H and O–H groups in total. The van der Waals surface area contributed by atoms with E-state index in [1.54, 1.807) is 43.3 Å². The van der Waals surface area contributed by atoms with Crippen LogP contribution in [0.15, 0.2) is 62.9 Å². The van der Waals surface area contributed by atoms with Crippen LogP contribution < -0.4 is 4.74 Å². The third-order valence-corrected chi connectivity index (χ3v) is 7.85. The molecule has 0 spiro atoms. The highest BCUT2D eigenvalue weighted by Gasteiger charge is 2.24. The molecule has 0 bridgehead atoms. The van der Waals surface area contributed by atoms with Crippen molar-refractivity contribution in [3.05, 3.63) is 53.1 Å². The Kier molecular flexibility index (Phi) is 5.04. The first-order valence-electron chi connectivity index (χ1n) is 7.47. The summed E-state index contributed by atoms with van der Waals surface area (Å²) in [5.41, 5.74) is 0.466. The first-order valence-corrected chi connectivity index (χ1v) is 11.0. The maximum atomic E-state index is 13.2. The van der Waals surface area contributed by atoms with E-state index in [1.807, 2.05) is 0 Å². The Morgan fingerprint density at radius 3 is 2.56 bits per heavy atom. The number of nitrogens with zero attached hydrogens (tertiary/aromatic N) is 1. The number of hydrogen-bond donors (Lipinski definition) is 0. The van der Waals surface area contributed by atoms with Crippen LogP contribution in [0.1, 0.15) is 6.92 Å². The van der Waals surface area contributed by atoms with Gasteiger partial charge in [-0.25, -0.2) is 12.4 Å². The second-order valence-corrected chi connectivity index (χ2v) is 9.59. The lowest BCUT2D eigenvalue weighted by Gasteiger charge is -2.09. The van der Waals surface area contributed by atoms with Gasteiger partial charge in [0.15, 0.2) is 0 Å². The molecule has 0 saturated heterocycles. The molecule has 1 aromatic heterocycles. The average Bonchev–Trinajstić information content (AvgIpc) is 3.00. The van der Waals surface area contributed by atoms with Crippen LogP contribution in [-0.2, 0) is 20.8 Å². The van der Waals surface area contributed by atoms with E-state index in [1.165, 1.54) is 23.3 Å². The Morgan fingerprint density at radius 1 is 1.20 bits per heavy atom. The number of aromatic nitrogens is 1. The van der Waals surface area contributed by atoms with E-state index in [-0.39, 0.29) is 4.90 Å². The number of hydrogen-bond acceptors (Lipinski definition) is 4. The third-order valence-electron chi connectivity index (χ3n) is 3.82. The summed E-state index contributed by atoms with van der Waals surface area (Å²) in [6, 6.07) is 11.7. The van der Waals surface area contributed by atoms with Gasteiger partial charge in [0.2, 0.25) is 0 Å². The molecule has 0 aliphatic carbocycles. The first-order chi connectivity index (χ1) is 11.9. The van der Waals surface area contributed by atoms with Gasteiger partial charge < -0.3 is 4.74 Å². The van der Waals surface area contributed by atoms with Crippen molar-refractivity contribution in [3.63, 3.8) is 0 Å². The Morgan fingerprint density at radius 2 is 1.92 bits per heavy atom. The van der Waals surface area contributed by atoms with Crippen LogP contribution >= 0.6 is 15.9 Å². The lowest BCUT2D eigenvalue weighted by Crippen LogP contribution is -2.12. The number of fused-ring (bicyclic) bond motifs is 1. The second-order valence-electron chi connectivity index (χ2n) is 5.24. The Labute approximate surface area is 157 Å². The van der Waals surface area contributed by atoms with Gasteiger partial charge in [-0.05, 0) is 46.3 Å². The topological polar surface area (TPSA) is 65.4 Å². The predicted octanol–water partition coefficient (Wildman–Crippen LogP) is 3.78. The third kappa shape index (κ3) is 3.14. The van der Waals surface area contributed by atoms with Crippen molar-refractivity contribution >= 4 is 47.7 Å². The summed E-state index contributed by atoms with van der Waals surface area (Å²) < 4.78 is 45.6. The monoisotopic (exact) mass is 441 g/mol. The molecule has 132 valence electrons. The van der Waals surface area contributed by atoms with Gasteiger partial charge in [-0.3, -0.25) is 4.21 Å². The van der Waals surface area contributed by atoms with Crippen molar-refractivity contribution in [2.24, 2.45) is 0 Å². The van der Waals surface area contributed by atoms with Crippen molar-refractivity contribution in [2.45, 2.75) is 16.7 Å². The summed E-state index contributed by atoms with van der Waals surface area (Å²) in [4.78, 5) is 0.628. The zero-order chi connectivity index (χ0) is 18.2. The molecule has 3 aromatic rings. The van der Waals surface area contributed by atoms with E-state index in [0.29, 0.717) is 31.8 Å². The Balaban J connectivity index is 2.34. The number of rotatable bonds is 5. The summed E-state index contributed by atoms with van der Waals surface area (Å²) in [7, 11) is -3.61. The molecule has 3 rings (SSSR count). The van der Waals surface area contributed by atoms with Crippen molar-refractivity contribution in [2.75, 3.05) is 12.9 Å². The van der Waals surface area contributed by atoms with Gasteiger partial charge in [0, 0.05) is 21.8 Å². The van der Waals surface area contributed by atoms with Crippen molar-refractivity contribution < 1.29 is 17.4 Å². The van der Waals surface area contributed by atoms with Crippen LogP contribution in [0.4, 0.5) is 0 Å². The average molecular weight is 442 g/mol. The highest BCUT2D eigenvalue weighted by atomic mass is 79.9. The van der Waals surface area contributed by atoms with Crippen LogP contribution in [0.5, 0.6) is 5.75 Å². The summed E-state index contributed by atoms with van der Waals surface area (Å²) in [6.45, 7) is 1.79. The standard InChI is InChI=1S/C17H16BrNO4S2/c1-3-24(20)16-11-19(15-9-8-12(23-2)10-13(15)16)25(21,22)17-7-5-4-6-14(17)18/h4-11H,3H2,1-2H3. The van der Waals surface area contributed by atoms with Gasteiger partial charge in [0.25, 0.3) is 10.0 Å². The van der Waals surface area contributed by atoms with Gasteiger partial charge in [0.05, 0.1) is 28.3 Å². The molecule has 1 unspecified atom stereocenters. The van der Waals surface area contributed by atoms with E-state index < -0.39 is 20.8 Å². The smallest absolute Gasteiger partial charge is 0.269 e. The number of ether oxygens (including phenoxy) is 1. The van der Waals surface area contributed by atoms with Crippen LogP contribution in [-0.4, -0.2) is 29.5 Å². The fourth-order valence-electron chi connectivity index (χ4n) is 2.57. The highest BCUT2D eigenvalue weighted by molar-refractivity contribution is 9.10. The molecule has 2 aromatic carbocycles. The SMILES string of the molecule is CCS(=O)c1cn(S(=O)(=O)c2ccccc2Br)c2ccc(OC)cc12. The molecular weight excluding hydrogens is 426 g/mol. The van der Waals surface area contributed by atoms with Gasteiger partial charge in [-0.1, -0.05) is 19.1 Å². The van der Waals surface area contributed by atoms with Crippen LogP contribution in [0.3, 0.4) is 0 Å². The molecule has 0 fully saturated rings. The minimum Gasteiger partial charge on any atom is -0.497 e. The zero-order valence-electron chi connectivity index (χ0n) is 13.6. The van der Waals surface area contributed by atoms with Gasteiger partial charge >= 0.3 is 0 Å². The predicted molar refractivity (Wildman–Crippen MR) is 102 cm³/mol. The van der Waals surface area contributed by atoms with E-state index in [9.17, 15) is 12.6 Å². The number of halogens is 1. The van der Waals surface area contributed by atoms with Crippen LogP contribution in [0, 0.1) is 0 Å². The van der Waals surface area contributed by atoms with Gasteiger partial charge in [-0.2, -0.15) is 0 Å². The lowest BCUT2D eigenvalue weighted by atomic mass is 10.2. The van der Waals surface area contributed by atoms with Crippen molar-refractivity contribution in [1.29, 1.82) is 0 Å². The lowest BCUT2D eigenvalue weighted by molar-refractivity contribution is 0.415. The van der Waals surface area contributed by atoms with Crippen molar-refractivity contribution in [3.8, 4) is 5.75 Å². The summed E-state index contributed by atoms with van der Waals surface area (Å²) in [5, 5.41) is 0.607. The molecule has 0 aliphatic rings. The van der Waals surface area contributed by atoms with Gasteiger partial charge in [0.1, 0.15) is 10.6 Å². The first kappa shape index (κ1) is 18.2. The quantitative estimate of drug-likeness (QED) is 0.604. The summed E-state index contributed by atoms with van der Waals surface area (Å²) in [5.74, 6) is 0.976. The fraction of sp³-hybridized carbons (Fsp3) is 0.176. The van der Waals surface area contributed by atoms with E-state index in [4.69, 9.17) is 4.74 Å². The van der Waals surface area contributed by atoms with Crippen LogP contribution in [0.2, 0.25) is 0 Å². The molecule has 0 amide bonds. The molecule has 0 aliphatic heterocycles. The van der Waals surface area contributed by atoms with Crippen LogP contribution in [0.25, 0.3) is 10.9 Å². The Hall–Kier alpha value is -1.64. The summed E-state index contributed by atoms with van der Waals surface area (Å²) in [6.07, 6.45) is 1.44. The van der Waals surface area contributed by atoms with Gasteiger partial charge in [-0.15, -0.1) is 0 Å². The molecule has 8 heteroatoms. The molecule has 5 nitrogen and oxygen atoms in total. The largest absolute Gasteiger partial charge is 0.497 e. The molecule has 0 radical (unpaired) electrons. The number of methoxy groups -OCH3 is 1. The highest BCUT2D eigenvalue weighted by Crippen LogP contribution is 2.32. The number of benzene rings is 2. The molecule has 1 atom stereocenters.